The number of piperidine rings is 1. The van der Waals surface area contributed by atoms with Crippen LogP contribution in [0.15, 0.2) is 0 Å². The van der Waals surface area contributed by atoms with E-state index in [0.717, 1.165) is 15.6 Å². The van der Waals surface area contributed by atoms with Gasteiger partial charge in [-0.25, -0.2) is 9.78 Å². The molecule has 0 atom stereocenters. The van der Waals surface area contributed by atoms with E-state index in [9.17, 15) is 23.1 Å². The summed E-state index contributed by atoms with van der Waals surface area (Å²) in [5.41, 5.74) is -1.92. The van der Waals surface area contributed by atoms with E-state index < -0.39 is 30.7 Å². The van der Waals surface area contributed by atoms with Crippen LogP contribution in [-0.2, 0) is 6.54 Å². The van der Waals surface area contributed by atoms with Gasteiger partial charge in [-0.1, -0.05) is 0 Å². The molecule has 124 valence electrons. The van der Waals surface area contributed by atoms with E-state index >= 15 is 0 Å². The molecule has 1 aliphatic rings. The number of rotatable bonds is 2. The number of thiazole rings is 1. The van der Waals surface area contributed by atoms with E-state index in [4.69, 9.17) is 0 Å². The van der Waals surface area contributed by atoms with Crippen molar-refractivity contribution in [3.63, 3.8) is 0 Å². The molecule has 1 aliphatic heterocycles. The molecule has 0 spiro atoms. The minimum absolute atomic E-state index is 0.128. The lowest BCUT2D eigenvalue weighted by molar-refractivity contribution is -0.271. The van der Waals surface area contributed by atoms with Crippen LogP contribution in [0, 0.1) is 13.8 Å². The van der Waals surface area contributed by atoms with Crippen molar-refractivity contribution in [3.8, 4) is 0 Å². The highest BCUT2D eigenvalue weighted by Crippen LogP contribution is 2.38. The fourth-order valence-corrected chi connectivity index (χ4v) is 3.20. The molecule has 2 amide bonds. The molecule has 9 heteroatoms. The number of amides is 2. The van der Waals surface area contributed by atoms with Crippen LogP contribution in [0.3, 0.4) is 0 Å². The SMILES string of the molecule is Cc1nc(CNC(=O)N2CCC(O)(C(F)(F)F)CC2)c(C)s1. The van der Waals surface area contributed by atoms with E-state index in [0.29, 0.717) is 0 Å². The van der Waals surface area contributed by atoms with E-state index in [1.54, 1.807) is 0 Å². The van der Waals surface area contributed by atoms with Crippen LogP contribution in [0.25, 0.3) is 0 Å². The Labute approximate surface area is 130 Å². The normalized spacial score (nSPS) is 18.4. The number of urea groups is 1. The van der Waals surface area contributed by atoms with Crippen molar-refractivity contribution in [2.45, 2.75) is 45.0 Å². The summed E-state index contributed by atoms with van der Waals surface area (Å²) in [6.45, 7) is 3.75. The number of carbonyl (C=O) groups is 1. The molecule has 0 unspecified atom stereocenters. The van der Waals surface area contributed by atoms with Gasteiger partial charge in [0.1, 0.15) is 0 Å². The van der Waals surface area contributed by atoms with Crippen LogP contribution in [0.2, 0.25) is 0 Å². The minimum atomic E-state index is -4.66. The average molecular weight is 337 g/mol. The van der Waals surface area contributed by atoms with E-state index in [1.807, 2.05) is 13.8 Å². The van der Waals surface area contributed by atoms with Crippen molar-refractivity contribution >= 4 is 17.4 Å². The largest absolute Gasteiger partial charge is 0.417 e. The number of halogens is 3. The third kappa shape index (κ3) is 3.52. The van der Waals surface area contributed by atoms with Gasteiger partial charge in [0.2, 0.25) is 0 Å². The maximum atomic E-state index is 12.7. The molecule has 1 aromatic rings. The second-order valence-electron chi connectivity index (χ2n) is 5.41. The molecule has 1 aromatic heterocycles. The van der Waals surface area contributed by atoms with Crippen molar-refractivity contribution in [1.29, 1.82) is 0 Å². The Bertz CT molecular complexity index is 551. The molecular formula is C13H18F3N3O2S. The fourth-order valence-electron chi connectivity index (χ4n) is 2.37. The highest BCUT2D eigenvalue weighted by molar-refractivity contribution is 7.11. The smallest absolute Gasteiger partial charge is 0.380 e. The Hall–Kier alpha value is -1.35. The Morgan fingerprint density at radius 2 is 2.00 bits per heavy atom. The summed E-state index contributed by atoms with van der Waals surface area (Å²) in [5, 5.41) is 13.1. The Kier molecular flexibility index (Phi) is 4.67. The Morgan fingerprint density at radius 1 is 1.41 bits per heavy atom. The maximum Gasteiger partial charge on any atom is 0.417 e. The van der Waals surface area contributed by atoms with Gasteiger partial charge in [0.15, 0.2) is 5.60 Å². The van der Waals surface area contributed by atoms with E-state index in [1.165, 1.54) is 16.2 Å². The number of carbonyl (C=O) groups excluding carboxylic acids is 1. The molecule has 0 saturated carbocycles. The Balaban J connectivity index is 1.87. The van der Waals surface area contributed by atoms with Crippen LogP contribution in [0.5, 0.6) is 0 Å². The van der Waals surface area contributed by atoms with Gasteiger partial charge in [0, 0.05) is 30.8 Å². The monoisotopic (exact) mass is 337 g/mol. The molecule has 0 aliphatic carbocycles. The number of nitrogens with zero attached hydrogens (tertiary/aromatic N) is 2. The van der Waals surface area contributed by atoms with Crippen LogP contribution >= 0.6 is 11.3 Å². The summed E-state index contributed by atoms with van der Waals surface area (Å²) in [7, 11) is 0. The van der Waals surface area contributed by atoms with Gasteiger partial charge in [-0.05, 0) is 13.8 Å². The number of aryl methyl sites for hydroxylation is 2. The second kappa shape index (κ2) is 6.04. The van der Waals surface area contributed by atoms with E-state index in [2.05, 4.69) is 10.3 Å². The molecular weight excluding hydrogens is 319 g/mol. The summed E-state index contributed by atoms with van der Waals surface area (Å²) in [5.74, 6) is 0. The maximum absolute atomic E-state index is 12.7. The highest BCUT2D eigenvalue weighted by Gasteiger charge is 2.54. The molecule has 5 nitrogen and oxygen atoms in total. The van der Waals surface area contributed by atoms with Crippen LogP contribution < -0.4 is 5.32 Å². The lowest BCUT2D eigenvalue weighted by Crippen LogP contribution is -2.55. The van der Waals surface area contributed by atoms with Crippen LogP contribution in [-0.4, -0.2) is 45.9 Å². The summed E-state index contributed by atoms with van der Waals surface area (Å²) in [6, 6.07) is -0.436. The van der Waals surface area contributed by atoms with Gasteiger partial charge in [0.05, 0.1) is 17.2 Å². The number of hydrogen-bond donors (Lipinski definition) is 2. The van der Waals surface area contributed by atoms with Gasteiger partial charge < -0.3 is 15.3 Å². The van der Waals surface area contributed by atoms with E-state index in [-0.39, 0.29) is 19.6 Å². The van der Waals surface area contributed by atoms with Gasteiger partial charge in [-0.3, -0.25) is 0 Å². The number of aromatic nitrogens is 1. The third-order valence-electron chi connectivity index (χ3n) is 3.81. The first-order valence-electron chi connectivity index (χ1n) is 6.87. The van der Waals surface area contributed by atoms with Gasteiger partial charge in [-0.15, -0.1) is 11.3 Å². The summed E-state index contributed by atoms with van der Waals surface area (Å²) in [6.07, 6.45) is -5.66. The van der Waals surface area contributed by atoms with Crippen LogP contribution in [0.1, 0.15) is 28.4 Å². The molecule has 2 heterocycles. The number of likely N-dealkylation sites (tertiary alicyclic amines) is 1. The lowest BCUT2D eigenvalue weighted by atomic mass is 9.91. The zero-order chi connectivity index (χ0) is 16.5. The topological polar surface area (TPSA) is 65.5 Å². The second-order valence-corrected chi connectivity index (χ2v) is 6.82. The van der Waals surface area contributed by atoms with Crippen molar-refractivity contribution in [1.82, 2.24) is 15.2 Å². The van der Waals surface area contributed by atoms with Crippen molar-refractivity contribution in [3.05, 3.63) is 15.6 Å². The summed E-state index contributed by atoms with van der Waals surface area (Å²) < 4.78 is 38.1. The quantitative estimate of drug-likeness (QED) is 0.871. The van der Waals surface area contributed by atoms with Crippen molar-refractivity contribution in [2.24, 2.45) is 0 Å². The number of hydrogen-bond acceptors (Lipinski definition) is 4. The molecule has 1 fully saturated rings. The van der Waals surface area contributed by atoms with Crippen LogP contribution in [0.4, 0.5) is 18.0 Å². The summed E-state index contributed by atoms with van der Waals surface area (Å²) >= 11 is 1.52. The standard InChI is InChI=1S/C13H18F3N3O2S/c1-8-10(18-9(2)22-8)7-17-11(20)19-5-3-12(21,4-6-19)13(14,15)16/h21H,3-7H2,1-2H3,(H,17,20). The lowest BCUT2D eigenvalue weighted by Gasteiger charge is -2.38. The molecule has 0 radical (unpaired) electrons. The molecule has 2 N–H and O–H groups in total. The van der Waals surface area contributed by atoms with Crippen molar-refractivity contribution < 1.29 is 23.1 Å². The number of aliphatic hydroxyl groups is 1. The minimum Gasteiger partial charge on any atom is -0.380 e. The van der Waals surface area contributed by atoms with Crippen molar-refractivity contribution in [2.75, 3.05) is 13.1 Å². The van der Waals surface area contributed by atoms with Gasteiger partial charge in [0.25, 0.3) is 0 Å². The predicted octanol–water partition coefficient (Wildman–Crippen LogP) is 2.36. The number of nitrogens with one attached hydrogen (secondary N) is 1. The molecule has 22 heavy (non-hydrogen) atoms. The first-order chi connectivity index (χ1) is 10.1. The van der Waals surface area contributed by atoms with Gasteiger partial charge >= 0.3 is 12.2 Å². The molecule has 0 aromatic carbocycles. The zero-order valence-corrected chi connectivity index (χ0v) is 13.1. The molecule has 0 bridgehead atoms. The predicted molar refractivity (Wildman–Crippen MR) is 75.6 cm³/mol. The van der Waals surface area contributed by atoms with Gasteiger partial charge in [-0.2, -0.15) is 13.2 Å². The fraction of sp³-hybridized carbons (Fsp3) is 0.692. The first kappa shape index (κ1) is 17.0. The summed E-state index contributed by atoms with van der Waals surface area (Å²) in [4.78, 5) is 18.5. The Morgan fingerprint density at radius 3 is 2.45 bits per heavy atom. The highest BCUT2D eigenvalue weighted by atomic mass is 32.1. The third-order valence-corrected chi connectivity index (χ3v) is 4.74. The first-order valence-corrected chi connectivity index (χ1v) is 7.69. The zero-order valence-electron chi connectivity index (χ0n) is 12.3. The molecule has 1 saturated heterocycles. The number of alkyl halides is 3. The average Bonchev–Trinajstić information content (AvgIpc) is 2.74. The molecule has 2 rings (SSSR count).